The zero-order valence-electron chi connectivity index (χ0n) is 18.2. The fourth-order valence-electron chi connectivity index (χ4n) is 4.93. The van der Waals surface area contributed by atoms with Crippen LogP contribution in [0.1, 0.15) is 54.9 Å². The first-order chi connectivity index (χ1) is 15.6. The number of ketones is 1. The Morgan fingerprint density at radius 1 is 1.09 bits per heavy atom. The Labute approximate surface area is 195 Å². The van der Waals surface area contributed by atoms with E-state index in [2.05, 4.69) is 0 Å². The van der Waals surface area contributed by atoms with Crippen molar-refractivity contribution in [2.24, 2.45) is 5.41 Å². The van der Waals surface area contributed by atoms with Crippen molar-refractivity contribution in [3.8, 4) is 11.5 Å². The lowest BCUT2D eigenvalue weighted by Gasteiger charge is -2.43. The number of hydrogen-bond donors (Lipinski definition) is 1. The van der Waals surface area contributed by atoms with Crippen LogP contribution in [0.25, 0.3) is 0 Å². The van der Waals surface area contributed by atoms with E-state index in [9.17, 15) is 19.5 Å². The Morgan fingerprint density at radius 3 is 2.61 bits per heavy atom. The number of carboxylic acid groups (broad SMARTS) is 1. The third kappa shape index (κ3) is 3.66. The van der Waals surface area contributed by atoms with Crippen LogP contribution in [0.2, 0.25) is 5.02 Å². The van der Waals surface area contributed by atoms with Crippen molar-refractivity contribution in [1.82, 2.24) is 0 Å². The largest absolute Gasteiger partial charge is 0.478 e. The second kappa shape index (κ2) is 7.63. The van der Waals surface area contributed by atoms with E-state index in [0.29, 0.717) is 35.6 Å². The van der Waals surface area contributed by atoms with E-state index in [1.54, 1.807) is 6.07 Å². The second-order valence-electron chi connectivity index (χ2n) is 9.37. The Morgan fingerprint density at radius 2 is 1.85 bits per heavy atom. The minimum atomic E-state index is -1.12. The van der Waals surface area contributed by atoms with Gasteiger partial charge in [-0.1, -0.05) is 31.5 Å². The van der Waals surface area contributed by atoms with Gasteiger partial charge in [-0.3, -0.25) is 14.5 Å². The molecule has 0 fully saturated rings. The van der Waals surface area contributed by atoms with E-state index in [-0.39, 0.29) is 46.6 Å². The van der Waals surface area contributed by atoms with Gasteiger partial charge in [0.15, 0.2) is 17.3 Å². The number of halogens is 1. The second-order valence-corrected chi connectivity index (χ2v) is 9.78. The minimum absolute atomic E-state index is 0.0173. The quantitative estimate of drug-likeness (QED) is 0.687. The summed E-state index contributed by atoms with van der Waals surface area (Å²) in [5.41, 5.74) is 1.90. The molecule has 0 aromatic heterocycles. The van der Waals surface area contributed by atoms with Crippen molar-refractivity contribution in [3.63, 3.8) is 0 Å². The number of rotatable bonds is 3. The number of carbonyl (C=O) groups excluding carboxylic acids is 2. The number of anilines is 1. The van der Waals surface area contributed by atoms with E-state index < -0.39 is 11.9 Å². The molecule has 0 bridgehead atoms. The number of allylic oxidation sites excluding steroid dienone is 2. The molecular weight excluding hydrogens is 446 g/mol. The molecule has 1 N–H and O–H groups in total. The van der Waals surface area contributed by atoms with Crippen LogP contribution in [0.3, 0.4) is 0 Å². The van der Waals surface area contributed by atoms with E-state index in [1.807, 2.05) is 26.0 Å². The number of carbonyl (C=O) groups is 3. The van der Waals surface area contributed by atoms with Gasteiger partial charge in [-0.15, -0.1) is 0 Å². The van der Waals surface area contributed by atoms with Gasteiger partial charge in [0, 0.05) is 30.0 Å². The molecule has 33 heavy (non-hydrogen) atoms. The van der Waals surface area contributed by atoms with Crippen LogP contribution in [0.4, 0.5) is 5.69 Å². The molecule has 0 saturated carbocycles. The molecule has 2 aliphatic heterocycles. The van der Waals surface area contributed by atoms with Crippen molar-refractivity contribution in [2.45, 2.75) is 39.0 Å². The topological polar surface area (TPSA) is 93.1 Å². The molecule has 0 spiro atoms. The van der Waals surface area contributed by atoms with Gasteiger partial charge in [-0.2, -0.15) is 0 Å². The molecule has 1 atom stereocenters. The van der Waals surface area contributed by atoms with Gasteiger partial charge in [-0.05, 0) is 47.7 Å². The monoisotopic (exact) mass is 467 g/mol. The summed E-state index contributed by atoms with van der Waals surface area (Å²) in [7, 11) is 0. The number of carboxylic acids is 1. The molecule has 8 heteroatoms. The first-order valence-electron chi connectivity index (χ1n) is 10.7. The van der Waals surface area contributed by atoms with Gasteiger partial charge in [-0.25, -0.2) is 4.79 Å². The fourth-order valence-corrected chi connectivity index (χ4v) is 5.13. The SMILES string of the molecule is CC1(C)CC(=O)C2=C(C1)N(c1cc(C(=O)O)ccc1Cl)C(=O)CC2c1ccc2c(c1)OCO2. The molecule has 2 aromatic rings. The number of aromatic carboxylic acids is 1. The number of amides is 1. The van der Waals surface area contributed by atoms with Crippen molar-refractivity contribution in [1.29, 1.82) is 0 Å². The molecule has 7 nitrogen and oxygen atoms in total. The normalized spacial score (nSPS) is 21.3. The molecule has 0 saturated heterocycles. The van der Waals surface area contributed by atoms with Crippen LogP contribution >= 0.6 is 11.6 Å². The molecule has 5 rings (SSSR count). The predicted molar refractivity (Wildman–Crippen MR) is 121 cm³/mol. The van der Waals surface area contributed by atoms with Crippen molar-refractivity contribution >= 4 is 34.9 Å². The molecule has 1 unspecified atom stereocenters. The van der Waals surface area contributed by atoms with Gasteiger partial charge >= 0.3 is 5.97 Å². The average molecular weight is 468 g/mol. The third-order valence-corrected chi connectivity index (χ3v) is 6.70. The summed E-state index contributed by atoms with van der Waals surface area (Å²) in [6.45, 7) is 4.10. The van der Waals surface area contributed by atoms with E-state index in [4.69, 9.17) is 21.1 Å². The Bertz CT molecular complexity index is 1250. The molecule has 2 aromatic carbocycles. The smallest absolute Gasteiger partial charge is 0.335 e. The number of fused-ring (bicyclic) bond motifs is 1. The lowest BCUT2D eigenvalue weighted by atomic mass is 9.69. The van der Waals surface area contributed by atoms with Crippen LogP contribution in [0.15, 0.2) is 47.7 Å². The lowest BCUT2D eigenvalue weighted by molar-refractivity contribution is -0.121. The highest BCUT2D eigenvalue weighted by atomic mass is 35.5. The van der Waals surface area contributed by atoms with Crippen LogP contribution < -0.4 is 14.4 Å². The van der Waals surface area contributed by atoms with Crippen LogP contribution in [0, 0.1) is 5.41 Å². The highest BCUT2D eigenvalue weighted by Crippen LogP contribution is 2.50. The Hall–Kier alpha value is -3.32. The molecule has 1 aliphatic carbocycles. The summed E-state index contributed by atoms with van der Waals surface area (Å²) in [4.78, 5) is 40.0. The number of nitrogens with zero attached hydrogens (tertiary/aromatic N) is 1. The maximum atomic E-state index is 13.5. The summed E-state index contributed by atoms with van der Waals surface area (Å²) in [5.74, 6) is -0.596. The summed E-state index contributed by atoms with van der Waals surface area (Å²) in [6, 6.07) is 9.72. The molecule has 2 heterocycles. The maximum Gasteiger partial charge on any atom is 0.335 e. The number of Topliss-reactive ketones (excluding diaryl/α,β-unsaturated/α-hetero) is 1. The molecule has 170 valence electrons. The third-order valence-electron chi connectivity index (χ3n) is 6.38. The lowest BCUT2D eigenvalue weighted by Crippen LogP contribution is -2.44. The van der Waals surface area contributed by atoms with Crippen molar-refractivity contribution in [3.05, 3.63) is 63.8 Å². The van der Waals surface area contributed by atoms with Crippen LogP contribution in [-0.2, 0) is 9.59 Å². The Kier molecular flexibility index (Phi) is 4.97. The minimum Gasteiger partial charge on any atom is -0.478 e. The van der Waals surface area contributed by atoms with Gasteiger partial charge < -0.3 is 14.6 Å². The van der Waals surface area contributed by atoms with Gasteiger partial charge in [0.05, 0.1) is 16.3 Å². The first-order valence-corrected chi connectivity index (χ1v) is 11.0. The summed E-state index contributed by atoms with van der Waals surface area (Å²) in [5, 5.41) is 9.70. The van der Waals surface area contributed by atoms with Crippen LogP contribution in [0.5, 0.6) is 11.5 Å². The van der Waals surface area contributed by atoms with E-state index in [0.717, 1.165) is 5.56 Å². The zero-order valence-corrected chi connectivity index (χ0v) is 18.9. The molecule has 0 radical (unpaired) electrons. The van der Waals surface area contributed by atoms with Gasteiger partial charge in [0.25, 0.3) is 0 Å². The Balaban J connectivity index is 1.69. The molecule has 1 amide bonds. The number of hydrogen-bond acceptors (Lipinski definition) is 5. The highest BCUT2D eigenvalue weighted by Gasteiger charge is 2.45. The van der Waals surface area contributed by atoms with Crippen molar-refractivity contribution < 1.29 is 29.0 Å². The van der Waals surface area contributed by atoms with Gasteiger partial charge in [0.2, 0.25) is 12.7 Å². The van der Waals surface area contributed by atoms with Gasteiger partial charge in [0.1, 0.15) is 0 Å². The zero-order chi connectivity index (χ0) is 23.5. The summed E-state index contributed by atoms with van der Waals surface area (Å²) >= 11 is 6.43. The highest BCUT2D eigenvalue weighted by molar-refractivity contribution is 6.34. The summed E-state index contributed by atoms with van der Waals surface area (Å²) < 4.78 is 10.9. The van der Waals surface area contributed by atoms with Crippen molar-refractivity contribution in [2.75, 3.05) is 11.7 Å². The predicted octanol–water partition coefficient (Wildman–Crippen LogP) is 4.93. The first kappa shape index (κ1) is 21.5. The maximum absolute atomic E-state index is 13.5. The van der Waals surface area contributed by atoms with E-state index in [1.165, 1.54) is 23.1 Å². The fraction of sp³-hybridized carbons (Fsp3) is 0.320. The number of ether oxygens (including phenoxy) is 2. The summed E-state index contributed by atoms with van der Waals surface area (Å²) in [6.07, 6.45) is 0.893. The van der Waals surface area contributed by atoms with Crippen LogP contribution in [-0.4, -0.2) is 29.6 Å². The van der Waals surface area contributed by atoms with E-state index >= 15 is 0 Å². The standard InChI is InChI=1S/C25H22ClNO6/c1-25(2)10-18-23(19(28)11-25)15(13-4-6-20-21(8-13)33-12-32-20)9-22(29)27(18)17-7-14(24(30)31)3-5-16(17)26/h3-8,15H,9-12H2,1-2H3,(H,30,31). The molecular formula is C25H22ClNO6. The average Bonchev–Trinajstić information content (AvgIpc) is 3.20. The number of benzene rings is 2. The molecule has 3 aliphatic rings.